The van der Waals surface area contributed by atoms with Crippen LogP contribution in [0.15, 0.2) is 35.9 Å². The number of benzene rings is 1. The molecule has 1 aliphatic heterocycles. The van der Waals surface area contributed by atoms with Crippen molar-refractivity contribution >= 4 is 0 Å². The fraction of sp³-hybridized carbons (Fsp3) is 0.636. The summed E-state index contributed by atoms with van der Waals surface area (Å²) < 4.78 is 5.57. The minimum absolute atomic E-state index is 0.555. The van der Waals surface area contributed by atoms with Crippen LogP contribution < -0.4 is 4.74 Å². The fourth-order valence-corrected chi connectivity index (χ4v) is 5.32. The van der Waals surface area contributed by atoms with Crippen molar-refractivity contribution in [2.24, 2.45) is 17.3 Å². The van der Waals surface area contributed by atoms with Crippen molar-refractivity contribution in [1.82, 2.24) is 4.90 Å². The lowest BCUT2D eigenvalue weighted by molar-refractivity contribution is -0.0112. The van der Waals surface area contributed by atoms with Crippen LogP contribution in [0, 0.1) is 17.3 Å². The van der Waals surface area contributed by atoms with Gasteiger partial charge in [0.2, 0.25) is 0 Å². The van der Waals surface area contributed by atoms with Crippen LogP contribution in [-0.4, -0.2) is 31.6 Å². The van der Waals surface area contributed by atoms with E-state index in [9.17, 15) is 0 Å². The largest absolute Gasteiger partial charge is 0.496 e. The zero-order chi connectivity index (χ0) is 16.7. The van der Waals surface area contributed by atoms with Gasteiger partial charge in [-0.3, -0.25) is 4.90 Å². The van der Waals surface area contributed by atoms with E-state index in [1.54, 1.807) is 12.7 Å². The van der Waals surface area contributed by atoms with Crippen molar-refractivity contribution < 1.29 is 4.74 Å². The number of ether oxygens (including phenoxy) is 1. The first-order valence-corrected chi connectivity index (χ1v) is 9.63. The summed E-state index contributed by atoms with van der Waals surface area (Å²) in [6, 6.07) is 8.57. The van der Waals surface area contributed by atoms with Gasteiger partial charge in [0.25, 0.3) is 0 Å². The van der Waals surface area contributed by atoms with Gasteiger partial charge in [0.1, 0.15) is 5.75 Å². The predicted octanol–water partition coefficient (Wildman–Crippen LogP) is 4.87. The van der Waals surface area contributed by atoms with Gasteiger partial charge >= 0.3 is 0 Å². The molecule has 1 aromatic carbocycles. The molecule has 2 atom stereocenters. The number of fused-ring (bicyclic) bond motifs is 1. The highest BCUT2D eigenvalue weighted by Crippen LogP contribution is 2.59. The lowest BCUT2D eigenvalue weighted by Gasteiger charge is -2.57. The first-order valence-electron chi connectivity index (χ1n) is 9.63. The second-order valence-electron chi connectivity index (χ2n) is 8.61. The van der Waals surface area contributed by atoms with Crippen LogP contribution >= 0.6 is 0 Å². The van der Waals surface area contributed by atoms with E-state index >= 15 is 0 Å². The Morgan fingerprint density at radius 2 is 1.92 bits per heavy atom. The molecule has 130 valence electrons. The molecule has 4 aliphatic rings. The van der Waals surface area contributed by atoms with Crippen molar-refractivity contribution in [3.63, 3.8) is 0 Å². The summed E-state index contributed by atoms with van der Waals surface area (Å²) in [4.78, 5) is 2.69. The smallest absolute Gasteiger partial charge is 0.122 e. The number of hydrogen-bond donors (Lipinski definition) is 0. The first kappa shape index (κ1) is 16.2. The molecule has 0 N–H and O–H groups in total. The lowest BCUT2D eigenvalue weighted by Crippen LogP contribution is -2.50. The topological polar surface area (TPSA) is 12.5 Å². The maximum Gasteiger partial charge on any atom is 0.122 e. The number of hydrogen-bond acceptors (Lipinski definition) is 2. The third-order valence-corrected chi connectivity index (χ3v) is 7.16. The molecule has 0 aromatic heterocycles. The number of piperidine rings is 1. The van der Waals surface area contributed by atoms with Crippen LogP contribution in [0.2, 0.25) is 0 Å². The van der Waals surface area contributed by atoms with Crippen molar-refractivity contribution in [3.05, 3.63) is 41.5 Å². The van der Waals surface area contributed by atoms with E-state index in [4.69, 9.17) is 4.74 Å². The van der Waals surface area contributed by atoms with Crippen molar-refractivity contribution in [1.29, 1.82) is 0 Å². The van der Waals surface area contributed by atoms with Gasteiger partial charge in [0, 0.05) is 6.54 Å². The van der Waals surface area contributed by atoms with E-state index < -0.39 is 0 Å². The van der Waals surface area contributed by atoms with E-state index in [1.807, 2.05) is 0 Å². The minimum atomic E-state index is 0.555. The predicted molar refractivity (Wildman–Crippen MR) is 99.5 cm³/mol. The standard InChI is InChI=1S/C22H31NO/c1-22(2)18-9-8-17(20(22)14-18)15-23-12-10-16(11-13-23)19-6-4-5-7-21(19)24-3/h4-8,16,18,20H,9-15H2,1-3H3/t18-,20+/m1/s1. The molecule has 2 bridgehead atoms. The van der Waals surface area contributed by atoms with Crippen LogP contribution in [0.4, 0.5) is 0 Å². The highest BCUT2D eigenvalue weighted by molar-refractivity contribution is 5.36. The zero-order valence-corrected chi connectivity index (χ0v) is 15.4. The van der Waals surface area contributed by atoms with Gasteiger partial charge in [0.15, 0.2) is 0 Å². The highest BCUT2D eigenvalue weighted by atomic mass is 16.5. The highest BCUT2D eigenvalue weighted by Gasteiger charge is 2.51. The van der Waals surface area contributed by atoms with Crippen LogP contribution in [-0.2, 0) is 0 Å². The summed E-state index contributed by atoms with van der Waals surface area (Å²) in [5.41, 5.74) is 3.69. The average molecular weight is 325 g/mol. The summed E-state index contributed by atoms with van der Waals surface area (Å²) in [6.45, 7) is 8.60. The van der Waals surface area contributed by atoms with Crippen LogP contribution in [0.3, 0.4) is 0 Å². The molecule has 5 rings (SSSR count). The minimum Gasteiger partial charge on any atom is -0.496 e. The molecule has 0 radical (unpaired) electrons. The number of rotatable bonds is 4. The normalized spacial score (nSPS) is 29.7. The van der Waals surface area contributed by atoms with Crippen molar-refractivity contribution in [2.45, 2.75) is 45.4 Å². The van der Waals surface area contributed by atoms with Crippen LogP contribution in [0.5, 0.6) is 5.75 Å². The molecular formula is C22H31NO. The SMILES string of the molecule is COc1ccccc1C1CCN(CC2=CC[C@@H]3C[C@@H]2C3(C)C)CC1. The Morgan fingerprint density at radius 1 is 1.17 bits per heavy atom. The molecule has 1 saturated heterocycles. The van der Waals surface area contributed by atoms with Gasteiger partial charge in [-0.1, -0.05) is 43.7 Å². The molecule has 0 spiro atoms. The summed E-state index contributed by atoms with van der Waals surface area (Å²) in [6.07, 6.45) is 7.83. The Kier molecular flexibility index (Phi) is 4.20. The Labute approximate surface area is 146 Å². The van der Waals surface area contributed by atoms with E-state index in [-0.39, 0.29) is 0 Å². The number of methoxy groups -OCH3 is 1. The van der Waals surface area contributed by atoms with Gasteiger partial charge in [-0.2, -0.15) is 0 Å². The summed E-state index contributed by atoms with van der Waals surface area (Å²) in [5, 5.41) is 0. The maximum atomic E-state index is 5.57. The average Bonchev–Trinajstić information content (AvgIpc) is 2.62. The number of nitrogens with zero attached hydrogens (tertiary/aromatic N) is 1. The molecule has 2 nitrogen and oxygen atoms in total. The molecule has 24 heavy (non-hydrogen) atoms. The van der Waals surface area contributed by atoms with Crippen LogP contribution in [0.25, 0.3) is 0 Å². The van der Waals surface area contributed by atoms with Gasteiger partial charge < -0.3 is 4.74 Å². The Hall–Kier alpha value is -1.28. The molecule has 0 unspecified atom stereocenters. The lowest BCUT2D eigenvalue weighted by atomic mass is 9.49. The molecule has 3 aliphatic carbocycles. The second-order valence-corrected chi connectivity index (χ2v) is 8.61. The summed E-state index contributed by atoms with van der Waals surface area (Å²) >= 11 is 0. The van der Waals surface area contributed by atoms with E-state index in [1.165, 1.54) is 50.9 Å². The van der Waals surface area contributed by atoms with Crippen molar-refractivity contribution in [2.75, 3.05) is 26.7 Å². The Balaban J connectivity index is 1.36. The molecule has 1 heterocycles. The molecule has 2 heteroatoms. The third-order valence-electron chi connectivity index (χ3n) is 7.16. The zero-order valence-electron chi connectivity index (χ0n) is 15.4. The fourth-order valence-electron chi connectivity index (χ4n) is 5.32. The number of para-hydroxylation sites is 1. The van der Waals surface area contributed by atoms with E-state index in [0.717, 1.165) is 17.6 Å². The van der Waals surface area contributed by atoms with Gasteiger partial charge in [-0.25, -0.2) is 0 Å². The third kappa shape index (κ3) is 2.69. The van der Waals surface area contributed by atoms with Gasteiger partial charge in [0.05, 0.1) is 7.11 Å². The van der Waals surface area contributed by atoms with Gasteiger partial charge in [-0.15, -0.1) is 0 Å². The molecule has 1 saturated carbocycles. The van der Waals surface area contributed by atoms with Crippen molar-refractivity contribution in [3.8, 4) is 5.75 Å². The first-order chi connectivity index (χ1) is 11.6. The summed E-state index contributed by atoms with van der Waals surface area (Å²) in [5.74, 6) is 3.51. The number of allylic oxidation sites excluding steroid dienone is 1. The second kappa shape index (κ2) is 6.22. The maximum absolute atomic E-state index is 5.57. The quantitative estimate of drug-likeness (QED) is 0.733. The molecule has 0 amide bonds. The van der Waals surface area contributed by atoms with E-state index in [2.05, 4.69) is 49.1 Å². The summed E-state index contributed by atoms with van der Waals surface area (Å²) in [7, 11) is 1.79. The van der Waals surface area contributed by atoms with E-state index in [0.29, 0.717) is 11.3 Å². The van der Waals surface area contributed by atoms with Gasteiger partial charge in [-0.05, 0) is 73.6 Å². The Bertz CT molecular complexity index is 625. The molecular weight excluding hydrogens is 294 g/mol. The number of likely N-dealkylation sites (tertiary alicyclic amines) is 1. The Morgan fingerprint density at radius 3 is 2.58 bits per heavy atom. The van der Waals surface area contributed by atoms with Crippen LogP contribution in [0.1, 0.15) is 51.0 Å². The monoisotopic (exact) mass is 325 g/mol. The molecule has 2 fully saturated rings. The molecule has 1 aromatic rings.